The molecule has 0 bridgehead atoms. The van der Waals surface area contributed by atoms with Gasteiger partial charge in [0.15, 0.2) is 5.65 Å². The summed E-state index contributed by atoms with van der Waals surface area (Å²) < 4.78 is 4.06. The van der Waals surface area contributed by atoms with Crippen molar-refractivity contribution in [3.8, 4) is 0 Å². The molecule has 0 fully saturated rings. The molecule has 2 aromatic heterocycles. The van der Waals surface area contributed by atoms with E-state index in [1.807, 2.05) is 29.9 Å². The van der Waals surface area contributed by atoms with Crippen LogP contribution < -0.4 is 0 Å². The highest BCUT2D eigenvalue weighted by Gasteiger charge is 2.17. The number of halogens is 1. The number of imidazole rings is 1. The van der Waals surface area contributed by atoms with Crippen LogP contribution in [0, 0.1) is 0 Å². The zero-order chi connectivity index (χ0) is 14.1. The Hall–Kier alpha value is -1.81. The molecule has 0 aliphatic carbocycles. The molecule has 0 saturated heterocycles. The molecule has 0 aliphatic heterocycles. The fourth-order valence-electron chi connectivity index (χ4n) is 2.56. The number of rotatable bonds is 4. The van der Waals surface area contributed by atoms with Crippen LogP contribution in [0.2, 0.25) is 0 Å². The minimum Gasteiger partial charge on any atom is -0.307 e. The van der Waals surface area contributed by atoms with Gasteiger partial charge in [-0.2, -0.15) is 5.10 Å². The van der Waals surface area contributed by atoms with Crippen LogP contribution in [0.5, 0.6) is 0 Å². The summed E-state index contributed by atoms with van der Waals surface area (Å²) in [6.45, 7) is 2.86. The first-order valence-electron chi connectivity index (χ1n) is 6.75. The Labute approximate surface area is 123 Å². The van der Waals surface area contributed by atoms with Gasteiger partial charge in [-0.3, -0.25) is 4.68 Å². The van der Waals surface area contributed by atoms with Crippen molar-refractivity contribution in [2.45, 2.75) is 25.8 Å². The predicted octanol–water partition coefficient (Wildman–Crippen LogP) is 3.12. The van der Waals surface area contributed by atoms with E-state index in [9.17, 15) is 0 Å². The molecule has 0 aliphatic rings. The lowest BCUT2D eigenvalue weighted by Gasteiger charge is -2.08. The number of alkyl halides is 1. The molecule has 1 aromatic carbocycles. The summed E-state index contributed by atoms with van der Waals surface area (Å²) in [6.07, 6.45) is 0.876. The van der Waals surface area contributed by atoms with Crippen LogP contribution in [0.3, 0.4) is 0 Å². The molecule has 0 saturated carbocycles. The van der Waals surface area contributed by atoms with Gasteiger partial charge in [-0.25, -0.2) is 4.98 Å². The Morgan fingerprint density at radius 3 is 2.60 bits per heavy atom. The van der Waals surface area contributed by atoms with Crippen LogP contribution in [0.25, 0.3) is 11.2 Å². The summed E-state index contributed by atoms with van der Waals surface area (Å²) in [5, 5.41) is 4.54. The van der Waals surface area contributed by atoms with Crippen molar-refractivity contribution in [3.05, 3.63) is 47.4 Å². The van der Waals surface area contributed by atoms with Crippen molar-refractivity contribution < 1.29 is 0 Å². The minimum atomic E-state index is 0.407. The van der Waals surface area contributed by atoms with Crippen molar-refractivity contribution in [2.24, 2.45) is 7.05 Å². The van der Waals surface area contributed by atoms with Crippen LogP contribution in [0.15, 0.2) is 30.3 Å². The van der Waals surface area contributed by atoms with Gasteiger partial charge in [-0.05, 0) is 12.0 Å². The first-order chi connectivity index (χ1) is 9.74. The number of nitrogens with zero attached hydrogens (tertiary/aromatic N) is 4. The Morgan fingerprint density at radius 1 is 1.20 bits per heavy atom. The second-order valence-corrected chi connectivity index (χ2v) is 5.10. The molecule has 0 amide bonds. The fraction of sp³-hybridized carbons (Fsp3) is 0.333. The number of aryl methyl sites for hydroxylation is 2. The molecule has 0 unspecified atom stereocenters. The lowest BCUT2D eigenvalue weighted by molar-refractivity contribution is 0.698. The van der Waals surface area contributed by atoms with Crippen molar-refractivity contribution >= 4 is 22.8 Å². The average Bonchev–Trinajstić information content (AvgIpc) is 2.98. The van der Waals surface area contributed by atoms with Gasteiger partial charge in [0.1, 0.15) is 11.3 Å². The zero-order valence-electron chi connectivity index (χ0n) is 11.7. The predicted molar refractivity (Wildman–Crippen MR) is 81.0 cm³/mol. The largest absolute Gasteiger partial charge is 0.307 e. The van der Waals surface area contributed by atoms with Crippen molar-refractivity contribution in [1.29, 1.82) is 0 Å². The molecule has 0 atom stereocenters. The molecule has 5 heteroatoms. The van der Waals surface area contributed by atoms with Gasteiger partial charge < -0.3 is 4.57 Å². The summed E-state index contributed by atoms with van der Waals surface area (Å²) in [5.41, 5.74) is 4.28. The lowest BCUT2D eigenvalue weighted by Crippen LogP contribution is -2.07. The molecule has 2 heterocycles. The zero-order valence-corrected chi connectivity index (χ0v) is 12.4. The van der Waals surface area contributed by atoms with Gasteiger partial charge in [0.25, 0.3) is 0 Å². The van der Waals surface area contributed by atoms with E-state index >= 15 is 0 Å². The van der Waals surface area contributed by atoms with Crippen LogP contribution in [0.4, 0.5) is 0 Å². The van der Waals surface area contributed by atoms with E-state index in [1.54, 1.807) is 0 Å². The number of hydrogen-bond acceptors (Lipinski definition) is 2. The molecule has 4 nitrogen and oxygen atoms in total. The van der Waals surface area contributed by atoms with Gasteiger partial charge in [0.05, 0.1) is 18.1 Å². The Bertz CT molecular complexity index is 727. The highest BCUT2D eigenvalue weighted by molar-refractivity contribution is 6.16. The van der Waals surface area contributed by atoms with Crippen LogP contribution in [-0.4, -0.2) is 19.3 Å². The van der Waals surface area contributed by atoms with E-state index in [-0.39, 0.29) is 0 Å². The van der Waals surface area contributed by atoms with Crippen molar-refractivity contribution in [3.63, 3.8) is 0 Å². The number of fused-ring (bicyclic) bond motifs is 1. The molecular weight excluding hydrogens is 272 g/mol. The van der Waals surface area contributed by atoms with E-state index in [4.69, 9.17) is 11.6 Å². The Morgan fingerprint density at radius 2 is 1.95 bits per heavy atom. The molecule has 20 heavy (non-hydrogen) atoms. The summed E-state index contributed by atoms with van der Waals surface area (Å²) in [4.78, 5) is 4.67. The number of hydrogen-bond donors (Lipinski definition) is 0. The van der Waals surface area contributed by atoms with Gasteiger partial charge in [0, 0.05) is 7.05 Å². The molecule has 3 aromatic rings. The molecular formula is C15H17ClN4. The number of aromatic nitrogens is 4. The highest BCUT2D eigenvalue weighted by atomic mass is 35.5. The van der Waals surface area contributed by atoms with E-state index in [1.165, 1.54) is 5.56 Å². The molecule has 0 spiro atoms. The third-order valence-corrected chi connectivity index (χ3v) is 3.75. The normalized spacial score (nSPS) is 11.3. The maximum Gasteiger partial charge on any atom is 0.159 e. The third kappa shape index (κ3) is 2.10. The molecule has 0 radical (unpaired) electrons. The van der Waals surface area contributed by atoms with E-state index in [2.05, 4.69) is 33.7 Å². The second kappa shape index (κ2) is 5.29. The van der Waals surface area contributed by atoms with E-state index < -0.39 is 0 Å². The third-order valence-electron chi connectivity index (χ3n) is 3.51. The average molecular weight is 289 g/mol. The smallest absolute Gasteiger partial charge is 0.159 e. The van der Waals surface area contributed by atoms with Crippen molar-refractivity contribution in [1.82, 2.24) is 19.3 Å². The van der Waals surface area contributed by atoms with Gasteiger partial charge in [-0.15, -0.1) is 11.6 Å². The van der Waals surface area contributed by atoms with Gasteiger partial charge >= 0.3 is 0 Å². The highest BCUT2D eigenvalue weighted by Crippen LogP contribution is 2.22. The Balaban J connectivity index is 2.15. The fourth-order valence-corrected chi connectivity index (χ4v) is 2.76. The van der Waals surface area contributed by atoms with Crippen LogP contribution in [-0.2, 0) is 25.9 Å². The van der Waals surface area contributed by atoms with Gasteiger partial charge in [0.2, 0.25) is 0 Å². The molecule has 0 N–H and O–H groups in total. The quantitative estimate of drug-likeness (QED) is 0.692. The first kappa shape index (κ1) is 13.2. The van der Waals surface area contributed by atoms with Gasteiger partial charge in [-0.1, -0.05) is 37.3 Å². The Kier molecular flexibility index (Phi) is 3.49. The maximum atomic E-state index is 6.06. The van der Waals surface area contributed by atoms with Crippen LogP contribution in [0.1, 0.15) is 24.0 Å². The molecule has 3 rings (SSSR count). The molecule has 104 valence electrons. The standard InChI is InChI=1S/C15H17ClN4/c1-3-12-14-15(19(2)18-12)20(13(9-16)17-14)10-11-7-5-4-6-8-11/h4-8H,3,9-10H2,1-2H3. The van der Waals surface area contributed by atoms with Crippen LogP contribution >= 0.6 is 11.6 Å². The van der Waals surface area contributed by atoms with E-state index in [0.29, 0.717) is 5.88 Å². The van der Waals surface area contributed by atoms with Crippen molar-refractivity contribution in [2.75, 3.05) is 0 Å². The number of benzene rings is 1. The summed E-state index contributed by atoms with van der Waals surface area (Å²) in [6, 6.07) is 10.3. The lowest BCUT2D eigenvalue weighted by atomic mass is 10.2. The monoisotopic (exact) mass is 288 g/mol. The summed E-state index contributed by atoms with van der Waals surface area (Å²) in [7, 11) is 1.96. The SMILES string of the molecule is CCc1nn(C)c2c1nc(CCl)n2Cc1ccccc1. The summed E-state index contributed by atoms with van der Waals surface area (Å²) in [5.74, 6) is 1.30. The van der Waals surface area contributed by atoms with E-state index in [0.717, 1.165) is 35.6 Å². The maximum absolute atomic E-state index is 6.06. The first-order valence-corrected chi connectivity index (χ1v) is 7.29. The summed E-state index contributed by atoms with van der Waals surface area (Å²) >= 11 is 6.06. The minimum absolute atomic E-state index is 0.407. The second-order valence-electron chi connectivity index (χ2n) is 4.83. The topological polar surface area (TPSA) is 35.6 Å².